The molecule has 0 aromatic rings. The Morgan fingerprint density at radius 1 is 0.538 bits per heavy atom. The van der Waals surface area contributed by atoms with Gasteiger partial charge in [-0.1, -0.05) is 111 Å². The van der Waals surface area contributed by atoms with E-state index in [1.807, 2.05) is 0 Å². The first kappa shape index (κ1) is 28.5. The third-order valence-electron chi connectivity index (χ3n) is 5.72. The van der Waals surface area contributed by atoms with Gasteiger partial charge in [0.05, 0.1) is 0 Å². The molecule has 0 aromatic carbocycles. The molecule has 0 spiro atoms. The molecular weight excluding hydrogens is 338 g/mol. The molecule has 26 heavy (non-hydrogen) atoms. The molecule has 0 saturated carbocycles. The van der Waals surface area contributed by atoms with E-state index in [9.17, 15) is 0 Å². The van der Waals surface area contributed by atoms with E-state index < -0.39 is 0 Å². The van der Waals surface area contributed by atoms with Gasteiger partial charge in [0.1, 0.15) is 0 Å². The average molecular weight is 390 g/mol. The van der Waals surface area contributed by atoms with E-state index in [0.717, 1.165) is 5.92 Å². The van der Waals surface area contributed by atoms with Crippen molar-refractivity contribution < 1.29 is 0 Å². The van der Waals surface area contributed by atoms with Gasteiger partial charge in [-0.15, -0.1) is 12.4 Å². The lowest BCUT2D eigenvalue weighted by atomic mass is 9.98. The topological polar surface area (TPSA) is 3.24 Å². The van der Waals surface area contributed by atoms with Gasteiger partial charge in [-0.3, -0.25) is 0 Å². The Kier molecular flexibility index (Phi) is 25.5. The molecule has 0 radical (unpaired) electrons. The summed E-state index contributed by atoms with van der Waals surface area (Å²) in [5.74, 6) is 0.931. The van der Waals surface area contributed by atoms with E-state index in [0.29, 0.717) is 0 Å². The van der Waals surface area contributed by atoms with Crippen LogP contribution in [0.5, 0.6) is 0 Å². The van der Waals surface area contributed by atoms with Crippen molar-refractivity contribution in [1.29, 1.82) is 0 Å². The van der Waals surface area contributed by atoms with E-state index >= 15 is 0 Å². The van der Waals surface area contributed by atoms with Crippen molar-refractivity contribution in [3.63, 3.8) is 0 Å². The zero-order valence-corrected chi connectivity index (χ0v) is 19.7. The maximum atomic E-state index is 2.82. The van der Waals surface area contributed by atoms with Crippen LogP contribution in [0.15, 0.2) is 0 Å². The van der Waals surface area contributed by atoms with Gasteiger partial charge in [0.2, 0.25) is 0 Å². The number of halogens is 1. The summed E-state index contributed by atoms with van der Waals surface area (Å²) >= 11 is 0. The van der Waals surface area contributed by atoms with Gasteiger partial charge in [-0.05, 0) is 38.3 Å². The predicted octanol–water partition coefficient (Wildman–Crippen LogP) is 8.65. The van der Waals surface area contributed by atoms with Gasteiger partial charge in [0.25, 0.3) is 0 Å². The third kappa shape index (κ3) is 19.0. The minimum absolute atomic E-state index is 0. The Labute approximate surface area is 173 Å². The molecule has 0 N–H and O–H groups in total. The van der Waals surface area contributed by atoms with Gasteiger partial charge in [-0.25, -0.2) is 0 Å². The molecule has 0 heterocycles. The van der Waals surface area contributed by atoms with Crippen LogP contribution in [-0.2, 0) is 0 Å². The normalized spacial score (nSPS) is 12.3. The van der Waals surface area contributed by atoms with Crippen LogP contribution in [0.4, 0.5) is 0 Å². The van der Waals surface area contributed by atoms with Crippen molar-refractivity contribution in [1.82, 2.24) is 4.90 Å². The molecule has 2 heteroatoms. The summed E-state index contributed by atoms with van der Waals surface area (Å²) < 4.78 is 0. The minimum atomic E-state index is 0. The van der Waals surface area contributed by atoms with E-state index in [1.54, 1.807) is 0 Å². The maximum absolute atomic E-state index is 2.82. The molecule has 0 aliphatic heterocycles. The van der Waals surface area contributed by atoms with Crippen molar-refractivity contribution in [3.05, 3.63) is 0 Å². The lowest BCUT2D eigenvalue weighted by Gasteiger charge is -2.27. The standard InChI is InChI=1S/C24H51N.ClH/c1-5-9-12-14-16-18-21-25(22-19-17-15-13-10-6-2)23-24(8-4)20-11-7-3;/h24H,5-23H2,1-4H3;1H. The van der Waals surface area contributed by atoms with Gasteiger partial charge in [0.15, 0.2) is 0 Å². The van der Waals surface area contributed by atoms with Crippen molar-refractivity contribution in [2.24, 2.45) is 5.92 Å². The van der Waals surface area contributed by atoms with Crippen LogP contribution in [0.25, 0.3) is 0 Å². The molecule has 1 nitrogen and oxygen atoms in total. The zero-order valence-electron chi connectivity index (χ0n) is 18.9. The maximum Gasteiger partial charge on any atom is 0.000955 e. The molecule has 0 fully saturated rings. The molecule has 0 aliphatic rings. The van der Waals surface area contributed by atoms with Crippen molar-refractivity contribution in [3.8, 4) is 0 Å². The Morgan fingerprint density at radius 2 is 0.962 bits per heavy atom. The summed E-state index contributed by atoms with van der Waals surface area (Å²) in [5, 5.41) is 0. The highest BCUT2D eigenvalue weighted by molar-refractivity contribution is 5.85. The van der Waals surface area contributed by atoms with E-state index in [2.05, 4.69) is 32.6 Å². The summed E-state index contributed by atoms with van der Waals surface area (Å²) in [7, 11) is 0. The SMILES string of the molecule is CCCCCCCCN(CCCCCCCC)CC(CC)CCCC.Cl. The summed E-state index contributed by atoms with van der Waals surface area (Å²) in [4.78, 5) is 2.82. The Bertz CT molecular complexity index is 228. The number of hydrogen-bond acceptors (Lipinski definition) is 1. The van der Waals surface area contributed by atoms with Crippen LogP contribution < -0.4 is 0 Å². The highest BCUT2D eigenvalue weighted by Gasteiger charge is 2.12. The monoisotopic (exact) mass is 389 g/mol. The molecule has 0 saturated heterocycles. The van der Waals surface area contributed by atoms with Gasteiger partial charge in [0, 0.05) is 6.54 Å². The summed E-state index contributed by atoms with van der Waals surface area (Å²) in [6.45, 7) is 13.4. The first-order valence-corrected chi connectivity index (χ1v) is 12.0. The first-order chi connectivity index (χ1) is 12.3. The largest absolute Gasteiger partial charge is 0.303 e. The lowest BCUT2D eigenvalue weighted by molar-refractivity contribution is 0.210. The van der Waals surface area contributed by atoms with Crippen LogP contribution in [-0.4, -0.2) is 24.5 Å². The molecule has 0 amide bonds. The smallest absolute Gasteiger partial charge is 0.000955 e. The highest BCUT2D eigenvalue weighted by Crippen LogP contribution is 2.16. The molecule has 0 bridgehead atoms. The molecule has 1 atom stereocenters. The first-order valence-electron chi connectivity index (χ1n) is 12.0. The number of nitrogens with zero attached hydrogens (tertiary/aromatic N) is 1. The molecule has 0 aliphatic carbocycles. The van der Waals surface area contributed by atoms with E-state index in [4.69, 9.17) is 0 Å². The molecule has 0 aromatic heterocycles. The molecule has 1 unspecified atom stereocenters. The van der Waals surface area contributed by atoms with Crippen LogP contribution in [0.3, 0.4) is 0 Å². The number of hydrogen-bond donors (Lipinski definition) is 0. The zero-order chi connectivity index (χ0) is 18.6. The molecular formula is C24H52ClN. The van der Waals surface area contributed by atoms with Crippen LogP contribution in [0.1, 0.15) is 130 Å². The van der Waals surface area contributed by atoms with Crippen molar-refractivity contribution >= 4 is 12.4 Å². The molecule has 0 rings (SSSR count). The van der Waals surface area contributed by atoms with Crippen LogP contribution >= 0.6 is 12.4 Å². The fourth-order valence-corrected chi connectivity index (χ4v) is 3.81. The Balaban J connectivity index is 0. The summed E-state index contributed by atoms with van der Waals surface area (Å²) in [6.07, 6.45) is 22.7. The average Bonchev–Trinajstić information content (AvgIpc) is 2.63. The summed E-state index contributed by atoms with van der Waals surface area (Å²) in [5.41, 5.74) is 0. The second kappa shape index (κ2) is 23.3. The van der Waals surface area contributed by atoms with Gasteiger partial charge < -0.3 is 4.90 Å². The molecule has 160 valence electrons. The summed E-state index contributed by atoms with van der Waals surface area (Å²) in [6, 6.07) is 0. The third-order valence-corrected chi connectivity index (χ3v) is 5.72. The van der Waals surface area contributed by atoms with E-state index in [-0.39, 0.29) is 12.4 Å². The number of unbranched alkanes of at least 4 members (excludes halogenated alkanes) is 11. The number of rotatable bonds is 20. The minimum Gasteiger partial charge on any atom is -0.303 e. The lowest BCUT2D eigenvalue weighted by Crippen LogP contribution is -2.31. The van der Waals surface area contributed by atoms with Crippen LogP contribution in [0, 0.1) is 5.92 Å². The van der Waals surface area contributed by atoms with Gasteiger partial charge >= 0.3 is 0 Å². The highest BCUT2D eigenvalue weighted by atomic mass is 35.5. The fourth-order valence-electron chi connectivity index (χ4n) is 3.81. The second-order valence-electron chi connectivity index (χ2n) is 8.25. The quantitative estimate of drug-likeness (QED) is 0.188. The predicted molar refractivity (Wildman–Crippen MR) is 124 cm³/mol. The van der Waals surface area contributed by atoms with Crippen molar-refractivity contribution in [2.45, 2.75) is 130 Å². The van der Waals surface area contributed by atoms with Gasteiger partial charge in [-0.2, -0.15) is 0 Å². The second-order valence-corrected chi connectivity index (χ2v) is 8.25. The van der Waals surface area contributed by atoms with Crippen LogP contribution in [0.2, 0.25) is 0 Å². The van der Waals surface area contributed by atoms with Crippen molar-refractivity contribution in [2.75, 3.05) is 19.6 Å². The Hall–Kier alpha value is 0.250. The Morgan fingerprint density at radius 3 is 1.38 bits per heavy atom. The fraction of sp³-hybridized carbons (Fsp3) is 1.00. The van der Waals surface area contributed by atoms with E-state index in [1.165, 1.54) is 122 Å².